The average molecular weight is 376 g/mol. The fraction of sp³-hybridized carbons (Fsp3) is 0.667. The summed E-state index contributed by atoms with van der Waals surface area (Å²) < 4.78 is 10.4. The molecule has 0 saturated heterocycles. The fourth-order valence-corrected chi connectivity index (χ4v) is 3.59. The van der Waals surface area contributed by atoms with Gasteiger partial charge in [-0.1, -0.05) is 6.08 Å². The monoisotopic (exact) mass is 376 g/mol. The Bertz CT molecular complexity index is 699. The molecule has 0 bridgehead atoms. The van der Waals surface area contributed by atoms with E-state index in [0.717, 1.165) is 11.1 Å². The van der Waals surface area contributed by atoms with Crippen LogP contribution in [0.2, 0.25) is 0 Å². The molecule has 0 aromatic carbocycles. The number of nitrogens with two attached hydrogens (primary N) is 1. The van der Waals surface area contributed by atoms with Gasteiger partial charge in [-0.15, -0.1) is 0 Å². The average Bonchev–Trinajstić information content (AvgIpc) is 2.59. The predicted molar refractivity (Wildman–Crippen MR) is 104 cm³/mol. The molecule has 0 saturated carbocycles. The highest BCUT2D eigenvalue weighted by atomic mass is 16.6. The van der Waals surface area contributed by atoms with Crippen LogP contribution in [0.5, 0.6) is 0 Å². The van der Waals surface area contributed by atoms with Crippen molar-refractivity contribution in [2.45, 2.75) is 71.8 Å². The first-order chi connectivity index (χ1) is 12.5. The van der Waals surface area contributed by atoms with Gasteiger partial charge in [0.2, 0.25) is 0 Å². The minimum atomic E-state index is -0.556. The molecular weight excluding hydrogens is 344 g/mol. The van der Waals surface area contributed by atoms with Crippen molar-refractivity contribution in [2.75, 3.05) is 7.11 Å². The second kappa shape index (κ2) is 7.87. The van der Waals surface area contributed by atoms with Crippen molar-refractivity contribution >= 4 is 17.7 Å². The van der Waals surface area contributed by atoms with Crippen LogP contribution in [-0.4, -0.2) is 30.4 Å². The summed E-state index contributed by atoms with van der Waals surface area (Å²) >= 11 is 0. The van der Waals surface area contributed by atoms with Gasteiger partial charge in [0.15, 0.2) is 0 Å². The minimum absolute atomic E-state index is 0.186. The first-order valence-corrected chi connectivity index (χ1v) is 9.54. The van der Waals surface area contributed by atoms with Crippen molar-refractivity contribution < 1.29 is 19.1 Å². The number of hydrogen-bond acceptors (Lipinski definition) is 6. The van der Waals surface area contributed by atoms with E-state index in [1.165, 1.54) is 7.11 Å². The lowest BCUT2D eigenvalue weighted by Gasteiger charge is -2.34. The van der Waals surface area contributed by atoms with E-state index in [4.69, 9.17) is 20.6 Å². The van der Waals surface area contributed by atoms with E-state index < -0.39 is 11.0 Å². The lowest BCUT2D eigenvalue weighted by Crippen LogP contribution is -2.37. The molecule has 2 rings (SSSR count). The maximum atomic E-state index is 12.5. The van der Waals surface area contributed by atoms with Gasteiger partial charge in [-0.3, -0.25) is 9.59 Å². The molecule has 3 N–H and O–H groups in total. The molecule has 0 heterocycles. The maximum Gasteiger partial charge on any atom is 0.312 e. The molecule has 0 amide bonds. The molecule has 2 unspecified atom stereocenters. The van der Waals surface area contributed by atoms with Crippen LogP contribution in [-0.2, 0) is 19.1 Å². The van der Waals surface area contributed by atoms with Crippen LogP contribution in [0.3, 0.4) is 0 Å². The van der Waals surface area contributed by atoms with Crippen molar-refractivity contribution in [3.8, 4) is 0 Å². The molecule has 150 valence electrons. The molecule has 6 nitrogen and oxygen atoms in total. The van der Waals surface area contributed by atoms with E-state index in [-0.39, 0.29) is 17.9 Å². The van der Waals surface area contributed by atoms with Gasteiger partial charge < -0.3 is 20.6 Å². The summed E-state index contributed by atoms with van der Waals surface area (Å²) in [5.41, 5.74) is 7.90. The summed E-state index contributed by atoms with van der Waals surface area (Å²) in [4.78, 5) is 24.2. The number of methoxy groups -OCH3 is 1. The quantitative estimate of drug-likeness (QED) is 0.576. The van der Waals surface area contributed by atoms with E-state index in [9.17, 15) is 9.59 Å². The molecule has 0 spiro atoms. The minimum Gasteiger partial charge on any atom is -0.469 e. The number of carbonyl (C=O) groups excluding carboxylic acids is 2. The number of allylic oxidation sites excluding steroid dienone is 4. The van der Waals surface area contributed by atoms with Crippen LogP contribution < -0.4 is 5.73 Å². The maximum absolute atomic E-state index is 12.5. The zero-order valence-electron chi connectivity index (χ0n) is 17.1. The third kappa shape index (κ3) is 4.99. The number of rotatable bonds is 4. The highest BCUT2D eigenvalue weighted by molar-refractivity contribution is 6.11. The number of carbonyl (C=O) groups is 2. The van der Waals surface area contributed by atoms with E-state index in [1.807, 2.05) is 33.8 Å². The Morgan fingerprint density at radius 2 is 1.96 bits per heavy atom. The molecule has 0 aromatic rings. The standard InChI is InChI=1S/C21H32N2O4/c1-20(2,3)27-19(25)21(4)10-8-13(9-11-21)17(23)15-7-6-14(12-16(15)22)18(24)26-5/h8,14,23H,6-7,9-12,22H2,1-5H3. The molecule has 0 radical (unpaired) electrons. The van der Waals surface area contributed by atoms with Crippen molar-refractivity contribution in [1.82, 2.24) is 0 Å². The second-order valence-corrected chi connectivity index (χ2v) is 8.84. The number of ether oxygens (including phenoxy) is 2. The van der Waals surface area contributed by atoms with Gasteiger partial charge in [-0.2, -0.15) is 0 Å². The van der Waals surface area contributed by atoms with Gasteiger partial charge in [0.25, 0.3) is 0 Å². The van der Waals surface area contributed by atoms with E-state index in [0.29, 0.717) is 49.9 Å². The highest BCUT2D eigenvalue weighted by Gasteiger charge is 2.39. The van der Waals surface area contributed by atoms with Crippen molar-refractivity contribution in [3.63, 3.8) is 0 Å². The Hall–Kier alpha value is -2.11. The van der Waals surface area contributed by atoms with E-state index >= 15 is 0 Å². The summed E-state index contributed by atoms with van der Waals surface area (Å²) in [5.74, 6) is -0.648. The molecule has 2 aliphatic rings. The number of hydrogen-bond donors (Lipinski definition) is 2. The van der Waals surface area contributed by atoms with Crippen LogP contribution in [0, 0.1) is 16.7 Å². The van der Waals surface area contributed by atoms with Gasteiger partial charge in [0.05, 0.1) is 24.2 Å². The third-order valence-corrected chi connectivity index (χ3v) is 5.39. The van der Waals surface area contributed by atoms with E-state index in [1.54, 1.807) is 0 Å². The zero-order valence-corrected chi connectivity index (χ0v) is 17.1. The SMILES string of the molecule is COC(=O)C1CCC(C(=N)C2=CCC(C)(C(=O)OC(C)(C)C)CC2)=C(N)C1. The Labute approximate surface area is 161 Å². The van der Waals surface area contributed by atoms with Crippen LogP contribution in [0.25, 0.3) is 0 Å². The van der Waals surface area contributed by atoms with Gasteiger partial charge in [-0.25, -0.2) is 0 Å². The normalized spacial score (nSPS) is 26.3. The Morgan fingerprint density at radius 1 is 1.30 bits per heavy atom. The summed E-state index contributed by atoms with van der Waals surface area (Å²) in [6, 6.07) is 0. The molecule has 2 atom stereocenters. The van der Waals surface area contributed by atoms with Gasteiger partial charge in [0, 0.05) is 12.1 Å². The van der Waals surface area contributed by atoms with Crippen LogP contribution in [0.4, 0.5) is 0 Å². The summed E-state index contributed by atoms with van der Waals surface area (Å²) in [5, 5.41) is 8.57. The van der Waals surface area contributed by atoms with Crippen LogP contribution in [0.15, 0.2) is 22.9 Å². The molecule has 2 aliphatic carbocycles. The fourth-order valence-electron chi connectivity index (χ4n) is 3.59. The Morgan fingerprint density at radius 3 is 2.44 bits per heavy atom. The smallest absolute Gasteiger partial charge is 0.312 e. The predicted octanol–water partition coefficient (Wildman–Crippen LogP) is 3.65. The topological polar surface area (TPSA) is 102 Å². The largest absolute Gasteiger partial charge is 0.469 e. The van der Waals surface area contributed by atoms with Crippen LogP contribution >= 0.6 is 0 Å². The van der Waals surface area contributed by atoms with Crippen molar-refractivity contribution in [1.29, 1.82) is 5.41 Å². The molecular formula is C21H32N2O4. The highest BCUT2D eigenvalue weighted by Crippen LogP contribution is 2.39. The van der Waals surface area contributed by atoms with Crippen LogP contribution in [0.1, 0.15) is 66.2 Å². The van der Waals surface area contributed by atoms with Gasteiger partial charge in [0.1, 0.15) is 5.60 Å². The Kier molecular flexibility index (Phi) is 6.17. The first kappa shape index (κ1) is 21.2. The van der Waals surface area contributed by atoms with Gasteiger partial charge >= 0.3 is 11.9 Å². The van der Waals surface area contributed by atoms with Gasteiger partial charge in [-0.05, 0) is 70.9 Å². The molecule has 0 aliphatic heterocycles. The van der Waals surface area contributed by atoms with Crippen molar-refractivity contribution in [2.24, 2.45) is 17.1 Å². The summed E-state index contributed by atoms with van der Waals surface area (Å²) in [6.07, 6.45) is 5.51. The van der Waals surface area contributed by atoms with Crippen molar-refractivity contribution in [3.05, 3.63) is 22.9 Å². The lowest BCUT2D eigenvalue weighted by molar-refractivity contribution is -0.167. The Balaban J connectivity index is 2.08. The molecule has 27 heavy (non-hydrogen) atoms. The molecule has 0 fully saturated rings. The number of esters is 2. The summed E-state index contributed by atoms with van der Waals surface area (Å²) in [6.45, 7) is 7.53. The molecule has 6 heteroatoms. The second-order valence-electron chi connectivity index (χ2n) is 8.84. The summed E-state index contributed by atoms with van der Waals surface area (Å²) in [7, 11) is 1.38. The third-order valence-electron chi connectivity index (χ3n) is 5.39. The zero-order chi connectivity index (χ0) is 20.4. The van der Waals surface area contributed by atoms with E-state index in [2.05, 4.69) is 0 Å². The number of nitrogens with one attached hydrogen (secondary N) is 1. The first-order valence-electron chi connectivity index (χ1n) is 9.54. The lowest BCUT2D eigenvalue weighted by atomic mass is 9.74. The molecule has 0 aromatic heterocycles.